The van der Waals surface area contributed by atoms with Gasteiger partial charge in [-0.1, -0.05) is 30.3 Å². The van der Waals surface area contributed by atoms with Gasteiger partial charge in [-0.15, -0.1) is 0 Å². The molecule has 0 heterocycles. The van der Waals surface area contributed by atoms with Crippen molar-refractivity contribution < 1.29 is 44.2 Å². The summed E-state index contributed by atoms with van der Waals surface area (Å²) >= 11 is 0. The monoisotopic (exact) mass is 249 g/mol. The van der Waals surface area contributed by atoms with Crippen LogP contribution in [0.4, 0.5) is 0 Å². The van der Waals surface area contributed by atoms with Gasteiger partial charge in [-0.25, -0.2) is 0 Å². The van der Waals surface area contributed by atoms with Crippen molar-refractivity contribution in [2.75, 3.05) is 0 Å². The molecule has 0 aliphatic heterocycles. The van der Waals surface area contributed by atoms with Crippen molar-refractivity contribution in [2.45, 2.75) is 13.5 Å². The summed E-state index contributed by atoms with van der Waals surface area (Å²) in [7, 11) is -2.44. The number of carbonyl (C=O) groups is 1. The molecular formula is C10H12NNaO3S. The summed E-state index contributed by atoms with van der Waals surface area (Å²) in [5, 5.41) is 2.51. The predicted octanol–water partition coefficient (Wildman–Crippen LogP) is -2.51. The molecule has 0 saturated heterocycles. The Hall–Kier alpha value is -0.620. The van der Waals surface area contributed by atoms with Crippen LogP contribution in [0.5, 0.6) is 0 Å². The van der Waals surface area contributed by atoms with Crippen LogP contribution in [0.2, 0.25) is 0 Å². The van der Waals surface area contributed by atoms with Gasteiger partial charge in [-0.3, -0.25) is 4.79 Å². The van der Waals surface area contributed by atoms with Gasteiger partial charge < -0.3 is 6.74 Å². The van der Waals surface area contributed by atoms with Gasteiger partial charge in [0.25, 0.3) is 5.91 Å². The van der Waals surface area contributed by atoms with Crippen molar-refractivity contribution in [3.8, 4) is 0 Å². The molecule has 0 saturated carbocycles. The Balaban J connectivity index is 0. The number of hydrogen-bond acceptors (Lipinski definition) is 3. The Morgan fingerprint density at radius 2 is 1.88 bits per heavy atom. The van der Waals surface area contributed by atoms with E-state index in [0.717, 1.165) is 5.56 Å². The van der Waals surface area contributed by atoms with Crippen LogP contribution in [-0.4, -0.2) is 19.2 Å². The SMILES string of the molecule is CC(C(=O)NCc1ccccc1)=S(=O)=O.[H-].[Na+]. The molecule has 0 spiro atoms. The molecule has 6 heteroatoms. The maximum absolute atomic E-state index is 11.2. The van der Waals surface area contributed by atoms with Gasteiger partial charge >= 0.3 is 29.6 Å². The van der Waals surface area contributed by atoms with Crippen molar-refractivity contribution in [1.82, 2.24) is 5.32 Å². The first-order valence-electron chi connectivity index (χ1n) is 4.36. The van der Waals surface area contributed by atoms with E-state index in [1.807, 2.05) is 30.3 Å². The molecule has 1 amide bonds. The molecule has 1 rings (SSSR count). The van der Waals surface area contributed by atoms with E-state index in [1.165, 1.54) is 6.92 Å². The molecule has 82 valence electrons. The van der Waals surface area contributed by atoms with Gasteiger partial charge in [-0.2, -0.15) is 8.42 Å². The van der Waals surface area contributed by atoms with Crippen molar-refractivity contribution in [3.05, 3.63) is 35.9 Å². The summed E-state index contributed by atoms with van der Waals surface area (Å²) in [4.78, 5) is 11.0. The maximum atomic E-state index is 11.2. The first kappa shape index (κ1) is 15.4. The number of amides is 1. The van der Waals surface area contributed by atoms with Crippen molar-refractivity contribution in [2.24, 2.45) is 0 Å². The molecule has 0 radical (unpaired) electrons. The third-order valence-corrected chi connectivity index (χ3v) is 2.55. The van der Waals surface area contributed by atoms with Crippen LogP contribution in [0.1, 0.15) is 13.9 Å². The predicted molar refractivity (Wildman–Crippen MR) is 59.0 cm³/mol. The molecule has 1 aromatic carbocycles. The molecule has 1 N–H and O–H groups in total. The Morgan fingerprint density at radius 3 is 2.38 bits per heavy atom. The molecular weight excluding hydrogens is 237 g/mol. The second kappa shape index (κ2) is 7.62. The molecule has 16 heavy (non-hydrogen) atoms. The fraction of sp³-hybridized carbons (Fsp3) is 0.200. The van der Waals surface area contributed by atoms with Gasteiger partial charge in [0.15, 0.2) is 0 Å². The fourth-order valence-corrected chi connectivity index (χ4v) is 1.20. The van der Waals surface area contributed by atoms with E-state index in [0.29, 0.717) is 6.54 Å². The smallest absolute Gasteiger partial charge is 1.00 e. The summed E-state index contributed by atoms with van der Waals surface area (Å²) in [6.45, 7) is 1.59. The average Bonchev–Trinajstić information content (AvgIpc) is 2.26. The summed E-state index contributed by atoms with van der Waals surface area (Å²) < 4.78 is 20.9. The molecule has 0 aromatic heterocycles. The minimum atomic E-state index is -2.44. The van der Waals surface area contributed by atoms with Gasteiger partial charge in [0.05, 0.1) is 0 Å². The van der Waals surface area contributed by atoms with Crippen LogP contribution in [-0.2, 0) is 21.6 Å². The van der Waals surface area contributed by atoms with Gasteiger partial charge in [-0.05, 0) is 12.5 Å². The van der Waals surface area contributed by atoms with Crippen LogP contribution in [0.25, 0.3) is 0 Å². The molecule has 4 nitrogen and oxygen atoms in total. The minimum absolute atomic E-state index is 0. The topological polar surface area (TPSA) is 63.2 Å². The molecule has 1 aromatic rings. The fourth-order valence-electron chi connectivity index (χ4n) is 0.978. The number of rotatable bonds is 3. The molecule has 0 bridgehead atoms. The number of hydrogen-bond donors (Lipinski definition) is 1. The van der Waals surface area contributed by atoms with Gasteiger partial charge in [0.2, 0.25) is 10.3 Å². The van der Waals surface area contributed by atoms with Gasteiger partial charge in [0, 0.05) is 6.54 Å². The van der Waals surface area contributed by atoms with E-state index in [-0.39, 0.29) is 35.8 Å². The summed E-state index contributed by atoms with van der Waals surface area (Å²) in [5.41, 5.74) is 0.926. The number of nitrogens with one attached hydrogen (secondary N) is 1. The molecule has 0 unspecified atom stereocenters. The van der Waals surface area contributed by atoms with Crippen molar-refractivity contribution in [1.29, 1.82) is 0 Å². The summed E-state index contributed by atoms with van der Waals surface area (Å²) in [6.07, 6.45) is 0. The zero-order valence-electron chi connectivity index (χ0n) is 10.2. The van der Waals surface area contributed by atoms with Crippen molar-refractivity contribution in [3.63, 3.8) is 0 Å². The first-order valence-corrected chi connectivity index (χ1v) is 5.43. The third kappa shape index (κ3) is 4.94. The van der Waals surface area contributed by atoms with Gasteiger partial charge in [0.1, 0.15) is 4.86 Å². The quantitative estimate of drug-likeness (QED) is 0.475. The second-order valence-corrected chi connectivity index (χ2v) is 4.04. The average molecular weight is 249 g/mol. The largest absolute Gasteiger partial charge is 1.00 e. The van der Waals surface area contributed by atoms with Crippen LogP contribution < -0.4 is 34.9 Å². The second-order valence-electron chi connectivity index (χ2n) is 2.96. The standard InChI is InChI=1S/C10H11NO3S.Na.H/c1-8(15(13)14)10(12)11-7-9-5-3-2-4-6-9;;/h2-6H,7H2,1H3,(H,11,12);;/q;+1;-1. The van der Waals surface area contributed by atoms with Crippen LogP contribution in [0.3, 0.4) is 0 Å². The zero-order valence-corrected chi connectivity index (χ0v) is 12.0. The van der Waals surface area contributed by atoms with Crippen LogP contribution >= 0.6 is 0 Å². The molecule has 0 fully saturated rings. The van der Waals surface area contributed by atoms with E-state index in [9.17, 15) is 13.2 Å². The zero-order chi connectivity index (χ0) is 11.3. The third-order valence-electron chi connectivity index (χ3n) is 1.87. The summed E-state index contributed by atoms with van der Waals surface area (Å²) in [6, 6.07) is 9.27. The summed E-state index contributed by atoms with van der Waals surface area (Å²) in [5.74, 6) is -0.563. The van der Waals surface area contributed by atoms with E-state index in [4.69, 9.17) is 0 Å². The van der Waals surface area contributed by atoms with Crippen LogP contribution in [0, 0.1) is 0 Å². The first-order chi connectivity index (χ1) is 7.11. The Bertz CT molecular complexity index is 480. The van der Waals surface area contributed by atoms with E-state index in [2.05, 4.69) is 5.32 Å². The Morgan fingerprint density at radius 1 is 1.31 bits per heavy atom. The number of benzene rings is 1. The minimum Gasteiger partial charge on any atom is -1.00 e. The van der Waals surface area contributed by atoms with E-state index in [1.54, 1.807) is 0 Å². The van der Waals surface area contributed by atoms with E-state index < -0.39 is 16.2 Å². The molecule has 0 aliphatic rings. The Kier molecular flexibility index (Phi) is 7.33. The number of carbonyl (C=O) groups excluding carboxylic acids is 1. The Labute approximate surface area is 119 Å². The van der Waals surface area contributed by atoms with Crippen molar-refractivity contribution >= 4 is 21.1 Å². The molecule has 0 atom stereocenters. The van der Waals surface area contributed by atoms with E-state index >= 15 is 0 Å². The maximum Gasteiger partial charge on any atom is 1.00 e. The normalized spacial score (nSPS) is 8.81. The molecule has 0 aliphatic carbocycles. The van der Waals surface area contributed by atoms with Crippen LogP contribution in [0.15, 0.2) is 30.3 Å².